The molecule has 1 aromatic heterocycles. The van der Waals surface area contributed by atoms with Crippen molar-refractivity contribution in [2.45, 2.75) is 71.5 Å². The first-order valence-corrected chi connectivity index (χ1v) is 10.7. The molecule has 1 atom stereocenters. The summed E-state index contributed by atoms with van der Waals surface area (Å²) in [6.45, 7) is 14.4. The van der Waals surface area contributed by atoms with E-state index in [-0.39, 0.29) is 6.61 Å². The summed E-state index contributed by atoms with van der Waals surface area (Å²) in [4.78, 5) is 16.9. The highest BCUT2D eigenvalue weighted by atomic mass is 16.3. The molecule has 0 spiro atoms. The average Bonchev–Trinajstić information content (AvgIpc) is 2.67. The van der Waals surface area contributed by atoms with E-state index in [0.29, 0.717) is 18.1 Å². The van der Waals surface area contributed by atoms with Crippen LogP contribution in [0.1, 0.15) is 51.6 Å². The van der Waals surface area contributed by atoms with Crippen LogP contribution in [0, 0.1) is 6.92 Å². The Bertz CT molecular complexity index is 600. The van der Waals surface area contributed by atoms with Gasteiger partial charge in [-0.3, -0.25) is 4.90 Å². The van der Waals surface area contributed by atoms with Crippen LogP contribution >= 0.6 is 0 Å². The first-order valence-electron chi connectivity index (χ1n) is 10.7. The highest BCUT2D eigenvalue weighted by Gasteiger charge is 2.34. The lowest BCUT2D eigenvalue weighted by Crippen LogP contribution is -2.59. The molecule has 1 unspecified atom stereocenters. The zero-order chi connectivity index (χ0) is 19.4. The lowest BCUT2D eigenvalue weighted by molar-refractivity contribution is 0.0462. The van der Waals surface area contributed by atoms with E-state index >= 15 is 0 Å². The molecular weight excluding hydrogens is 338 g/mol. The largest absolute Gasteiger partial charge is 0.396 e. The van der Waals surface area contributed by atoms with Crippen molar-refractivity contribution < 1.29 is 5.11 Å². The smallest absolute Gasteiger partial charge is 0.132 e. The van der Waals surface area contributed by atoms with Gasteiger partial charge in [0.1, 0.15) is 11.6 Å². The van der Waals surface area contributed by atoms with Crippen LogP contribution in [0.15, 0.2) is 6.07 Å². The molecule has 0 bridgehead atoms. The number of hydrogen-bond donors (Lipinski definition) is 1. The van der Waals surface area contributed by atoms with E-state index in [2.05, 4.69) is 46.5 Å². The van der Waals surface area contributed by atoms with Gasteiger partial charge in [0.15, 0.2) is 0 Å². The van der Waals surface area contributed by atoms with E-state index in [9.17, 15) is 5.11 Å². The second kappa shape index (κ2) is 9.30. The second-order valence-corrected chi connectivity index (χ2v) is 8.33. The Morgan fingerprint density at radius 1 is 1.15 bits per heavy atom. The second-order valence-electron chi connectivity index (χ2n) is 8.33. The van der Waals surface area contributed by atoms with E-state index in [1.807, 2.05) is 6.92 Å². The molecule has 3 rings (SSSR count). The van der Waals surface area contributed by atoms with Crippen LogP contribution in [0.25, 0.3) is 0 Å². The number of anilines is 1. The van der Waals surface area contributed by atoms with Crippen LogP contribution in [0.5, 0.6) is 0 Å². The van der Waals surface area contributed by atoms with Gasteiger partial charge in [0.05, 0.1) is 0 Å². The minimum Gasteiger partial charge on any atom is -0.396 e. The predicted octanol–water partition coefficient (Wildman–Crippen LogP) is 2.09. The fourth-order valence-electron chi connectivity index (χ4n) is 4.65. The Morgan fingerprint density at radius 3 is 2.52 bits per heavy atom. The molecule has 1 N–H and O–H groups in total. The Balaban J connectivity index is 1.68. The van der Waals surface area contributed by atoms with E-state index < -0.39 is 0 Å². The molecular formula is C21H37N5O. The van der Waals surface area contributed by atoms with Crippen LogP contribution in [0.3, 0.4) is 0 Å². The minimum atomic E-state index is 0.253. The molecule has 0 radical (unpaired) electrons. The van der Waals surface area contributed by atoms with Crippen molar-refractivity contribution in [2.75, 3.05) is 44.2 Å². The van der Waals surface area contributed by atoms with Crippen LogP contribution in [0.2, 0.25) is 0 Å². The molecule has 0 saturated carbocycles. The fourth-order valence-corrected chi connectivity index (χ4v) is 4.65. The highest BCUT2D eigenvalue weighted by molar-refractivity contribution is 5.41. The summed E-state index contributed by atoms with van der Waals surface area (Å²) in [6, 6.07) is 3.83. The third kappa shape index (κ3) is 4.98. The third-order valence-corrected chi connectivity index (χ3v) is 6.25. The quantitative estimate of drug-likeness (QED) is 0.822. The van der Waals surface area contributed by atoms with Gasteiger partial charge < -0.3 is 14.9 Å². The molecule has 6 nitrogen and oxygen atoms in total. The predicted molar refractivity (Wildman–Crippen MR) is 110 cm³/mol. The number of hydrogen-bond acceptors (Lipinski definition) is 6. The zero-order valence-electron chi connectivity index (χ0n) is 17.6. The van der Waals surface area contributed by atoms with E-state index in [1.54, 1.807) is 0 Å². The lowest BCUT2D eigenvalue weighted by Gasteiger charge is -2.48. The Morgan fingerprint density at radius 2 is 1.89 bits per heavy atom. The number of piperidine rings is 1. The van der Waals surface area contributed by atoms with Crippen LogP contribution in [0.4, 0.5) is 5.82 Å². The number of nitrogens with zero attached hydrogens (tertiary/aromatic N) is 5. The summed E-state index contributed by atoms with van der Waals surface area (Å²) in [5.74, 6) is 1.91. The Kier molecular flexibility index (Phi) is 7.06. The maximum atomic E-state index is 9.65. The lowest BCUT2D eigenvalue weighted by atomic mass is 9.97. The molecule has 152 valence electrons. The molecule has 0 aliphatic carbocycles. The van der Waals surface area contributed by atoms with E-state index in [4.69, 9.17) is 4.98 Å². The number of aliphatic hydroxyl groups is 1. The first-order chi connectivity index (χ1) is 13.0. The summed E-state index contributed by atoms with van der Waals surface area (Å²) < 4.78 is 0. The van der Waals surface area contributed by atoms with Crippen LogP contribution < -0.4 is 4.90 Å². The van der Waals surface area contributed by atoms with Gasteiger partial charge in [-0.05, 0) is 59.5 Å². The average molecular weight is 376 g/mol. The number of aryl methyl sites for hydroxylation is 2. The molecule has 6 heteroatoms. The number of aliphatic hydroxyl groups excluding tert-OH is 1. The molecule has 0 amide bonds. The highest BCUT2D eigenvalue weighted by Crippen LogP contribution is 2.26. The van der Waals surface area contributed by atoms with Gasteiger partial charge in [0.25, 0.3) is 0 Å². The van der Waals surface area contributed by atoms with Crippen molar-refractivity contribution in [3.63, 3.8) is 0 Å². The topological polar surface area (TPSA) is 55.7 Å². The summed E-state index contributed by atoms with van der Waals surface area (Å²) >= 11 is 0. The van der Waals surface area contributed by atoms with Crippen molar-refractivity contribution in [2.24, 2.45) is 0 Å². The standard InChI is InChI=1S/C21H37N5O/c1-5-18-14-21(23-17(4)22-18)25-11-12-26(20(15-25)8-13-27)19-6-9-24(10-7-19)16(2)3/h14,16,19-20,27H,5-13,15H2,1-4H3. The normalized spacial score (nSPS) is 23.3. The van der Waals surface area contributed by atoms with Crippen LogP contribution in [-0.2, 0) is 6.42 Å². The number of aromatic nitrogens is 2. The van der Waals surface area contributed by atoms with Gasteiger partial charge in [-0.1, -0.05) is 6.92 Å². The van der Waals surface area contributed by atoms with Crippen molar-refractivity contribution in [1.29, 1.82) is 0 Å². The first kappa shape index (κ1) is 20.5. The molecule has 2 fully saturated rings. The van der Waals surface area contributed by atoms with Crippen molar-refractivity contribution in [1.82, 2.24) is 19.8 Å². The van der Waals surface area contributed by atoms with Crippen molar-refractivity contribution in [3.05, 3.63) is 17.6 Å². The third-order valence-electron chi connectivity index (χ3n) is 6.25. The number of likely N-dealkylation sites (tertiary alicyclic amines) is 1. The van der Waals surface area contributed by atoms with Gasteiger partial charge in [-0.2, -0.15) is 0 Å². The monoisotopic (exact) mass is 375 g/mol. The molecule has 3 heterocycles. The van der Waals surface area contributed by atoms with Crippen LogP contribution in [-0.4, -0.2) is 82.3 Å². The molecule has 0 aromatic carbocycles. The fraction of sp³-hybridized carbons (Fsp3) is 0.810. The molecule has 27 heavy (non-hydrogen) atoms. The molecule has 2 aliphatic rings. The van der Waals surface area contributed by atoms with Gasteiger partial charge >= 0.3 is 0 Å². The van der Waals surface area contributed by atoms with Gasteiger partial charge in [-0.15, -0.1) is 0 Å². The zero-order valence-corrected chi connectivity index (χ0v) is 17.6. The van der Waals surface area contributed by atoms with Gasteiger partial charge in [0, 0.05) is 56.1 Å². The summed E-state index contributed by atoms with van der Waals surface area (Å²) in [7, 11) is 0. The summed E-state index contributed by atoms with van der Waals surface area (Å²) in [5.41, 5.74) is 1.11. The summed E-state index contributed by atoms with van der Waals surface area (Å²) in [6.07, 6.45) is 4.26. The molecule has 2 saturated heterocycles. The molecule has 1 aromatic rings. The van der Waals surface area contributed by atoms with E-state index in [1.165, 1.54) is 25.9 Å². The summed E-state index contributed by atoms with van der Waals surface area (Å²) in [5, 5.41) is 9.65. The maximum Gasteiger partial charge on any atom is 0.132 e. The molecule has 2 aliphatic heterocycles. The SMILES string of the molecule is CCc1cc(N2CCN(C3CCN(C(C)C)CC3)C(CCO)C2)nc(C)n1. The van der Waals surface area contributed by atoms with Crippen molar-refractivity contribution in [3.8, 4) is 0 Å². The Hall–Kier alpha value is -1.24. The maximum absolute atomic E-state index is 9.65. The van der Waals surface area contributed by atoms with E-state index in [0.717, 1.165) is 49.8 Å². The van der Waals surface area contributed by atoms with Gasteiger partial charge in [0.2, 0.25) is 0 Å². The van der Waals surface area contributed by atoms with Crippen molar-refractivity contribution >= 4 is 5.82 Å². The minimum absolute atomic E-state index is 0.253. The Labute approximate surface area is 164 Å². The van der Waals surface area contributed by atoms with Gasteiger partial charge in [-0.25, -0.2) is 9.97 Å². The number of rotatable bonds is 6. The number of piperazine rings is 1.